The van der Waals surface area contributed by atoms with Gasteiger partial charge in [0.2, 0.25) is 0 Å². The van der Waals surface area contributed by atoms with E-state index in [0.29, 0.717) is 18.1 Å². The van der Waals surface area contributed by atoms with Crippen molar-refractivity contribution in [1.82, 2.24) is 0 Å². The second-order valence-corrected chi connectivity index (χ2v) is 5.68. The molecule has 2 rings (SSSR count). The van der Waals surface area contributed by atoms with Gasteiger partial charge in [0, 0.05) is 0 Å². The van der Waals surface area contributed by atoms with E-state index in [2.05, 4.69) is 13.8 Å². The predicted molar refractivity (Wildman–Crippen MR) is 87.1 cm³/mol. The highest BCUT2D eigenvalue weighted by molar-refractivity contribution is 5.91. The van der Waals surface area contributed by atoms with Crippen LogP contribution in [0.5, 0.6) is 5.75 Å². The number of carbonyl (C=O) groups excluding carboxylic acids is 1. The second kappa shape index (κ2) is 7.64. The van der Waals surface area contributed by atoms with Crippen LogP contribution in [0.25, 0.3) is 0 Å². The Morgan fingerprint density at radius 2 is 1.82 bits per heavy atom. The molecule has 0 unspecified atom stereocenters. The maximum atomic E-state index is 11.8. The monoisotopic (exact) mass is 298 g/mol. The molecule has 0 bridgehead atoms. The number of carbonyl (C=O) groups is 1. The average Bonchev–Trinajstić information content (AvgIpc) is 2.53. The van der Waals surface area contributed by atoms with Gasteiger partial charge in [-0.25, -0.2) is 4.79 Å². The van der Waals surface area contributed by atoms with Gasteiger partial charge in [-0.3, -0.25) is 0 Å². The molecule has 0 amide bonds. The Labute approximate surface area is 131 Å². The lowest BCUT2D eigenvalue weighted by molar-refractivity contribution is 0.0599. The zero-order valence-corrected chi connectivity index (χ0v) is 13.3. The molecule has 0 N–H and O–H groups in total. The SMILES string of the molecule is COC(=O)c1ccc(OCc2ccccc2)cc1CC(C)C. The first kappa shape index (κ1) is 16.1. The van der Waals surface area contributed by atoms with Gasteiger partial charge in [0.05, 0.1) is 12.7 Å². The quantitative estimate of drug-likeness (QED) is 0.748. The molecule has 2 aromatic carbocycles. The van der Waals surface area contributed by atoms with Gasteiger partial charge in [0.1, 0.15) is 12.4 Å². The maximum absolute atomic E-state index is 11.8. The summed E-state index contributed by atoms with van der Waals surface area (Å²) in [4.78, 5) is 11.8. The highest BCUT2D eigenvalue weighted by Crippen LogP contribution is 2.22. The van der Waals surface area contributed by atoms with Crippen molar-refractivity contribution >= 4 is 5.97 Å². The topological polar surface area (TPSA) is 35.5 Å². The van der Waals surface area contributed by atoms with Crippen molar-refractivity contribution in [1.29, 1.82) is 0 Å². The zero-order valence-electron chi connectivity index (χ0n) is 13.3. The average molecular weight is 298 g/mol. The van der Waals surface area contributed by atoms with Gasteiger partial charge in [-0.15, -0.1) is 0 Å². The molecule has 0 aliphatic heterocycles. The Balaban J connectivity index is 2.17. The molecule has 0 atom stereocenters. The molecule has 3 heteroatoms. The normalized spacial score (nSPS) is 10.5. The smallest absolute Gasteiger partial charge is 0.338 e. The molecular weight excluding hydrogens is 276 g/mol. The molecule has 0 saturated carbocycles. The Morgan fingerprint density at radius 1 is 1.09 bits per heavy atom. The van der Waals surface area contributed by atoms with Crippen molar-refractivity contribution in [3.8, 4) is 5.75 Å². The number of hydrogen-bond donors (Lipinski definition) is 0. The number of esters is 1. The molecular formula is C19H22O3. The van der Waals surface area contributed by atoms with Gasteiger partial charge in [-0.1, -0.05) is 44.2 Å². The largest absolute Gasteiger partial charge is 0.489 e. The van der Waals surface area contributed by atoms with Crippen LogP contribution < -0.4 is 4.74 Å². The first-order valence-electron chi connectivity index (χ1n) is 7.48. The number of rotatable bonds is 6. The lowest BCUT2D eigenvalue weighted by Gasteiger charge is -2.13. The minimum atomic E-state index is -0.301. The third-order valence-electron chi connectivity index (χ3n) is 3.36. The van der Waals surface area contributed by atoms with Crippen LogP contribution in [0.4, 0.5) is 0 Å². The fourth-order valence-electron chi connectivity index (χ4n) is 2.32. The highest BCUT2D eigenvalue weighted by Gasteiger charge is 2.14. The van der Waals surface area contributed by atoms with Crippen molar-refractivity contribution in [3.63, 3.8) is 0 Å². The standard InChI is InChI=1S/C19H22O3/c1-14(2)11-16-12-17(9-10-18(16)19(20)21-3)22-13-15-7-5-4-6-8-15/h4-10,12,14H,11,13H2,1-3H3. The third kappa shape index (κ3) is 4.35. The third-order valence-corrected chi connectivity index (χ3v) is 3.36. The van der Waals surface area contributed by atoms with Crippen LogP contribution in [0, 0.1) is 5.92 Å². The fourth-order valence-corrected chi connectivity index (χ4v) is 2.32. The van der Waals surface area contributed by atoms with E-state index in [-0.39, 0.29) is 5.97 Å². The van der Waals surface area contributed by atoms with Gasteiger partial charge < -0.3 is 9.47 Å². The van der Waals surface area contributed by atoms with E-state index in [1.807, 2.05) is 42.5 Å². The van der Waals surface area contributed by atoms with Crippen molar-refractivity contribution in [3.05, 3.63) is 65.2 Å². The van der Waals surface area contributed by atoms with Gasteiger partial charge in [0.15, 0.2) is 0 Å². The first-order chi connectivity index (χ1) is 10.6. The first-order valence-corrected chi connectivity index (χ1v) is 7.48. The number of hydrogen-bond acceptors (Lipinski definition) is 3. The summed E-state index contributed by atoms with van der Waals surface area (Å²) in [6, 6.07) is 15.6. The van der Waals surface area contributed by atoms with Crippen LogP contribution in [0.1, 0.15) is 35.3 Å². The van der Waals surface area contributed by atoms with Crippen molar-refractivity contribution in [2.24, 2.45) is 5.92 Å². The van der Waals surface area contributed by atoms with Crippen LogP contribution in [-0.2, 0) is 17.8 Å². The number of methoxy groups -OCH3 is 1. The Bertz CT molecular complexity index is 618. The van der Waals surface area contributed by atoms with Crippen LogP contribution in [0.3, 0.4) is 0 Å². The molecule has 0 aromatic heterocycles. The lowest BCUT2D eigenvalue weighted by Crippen LogP contribution is -2.08. The number of ether oxygens (including phenoxy) is 2. The summed E-state index contributed by atoms with van der Waals surface area (Å²) in [5.41, 5.74) is 2.70. The molecule has 0 saturated heterocycles. The zero-order chi connectivity index (χ0) is 15.9. The van der Waals surface area contributed by atoms with E-state index in [9.17, 15) is 4.79 Å². The molecule has 3 nitrogen and oxygen atoms in total. The fraction of sp³-hybridized carbons (Fsp3) is 0.316. The summed E-state index contributed by atoms with van der Waals surface area (Å²) in [5.74, 6) is 0.921. The summed E-state index contributed by atoms with van der Waals surface area (Å²) < 4.78 is 10.7. The molecule has 22 heavy (non-hydrogen) atoms. The Hall–Kier alpha value is -2.29. The molecule has 0 aliphatic rings. The Morgan fingerprint density at radius 3 is 2.45 bits per heavy atom. The van der Waals surface area contributed by atoms with Gasteiger partial charge in [0.25, 0.3) is 0 Å². The Kier molecular flexibility index (Phi) is 5.59. The summed E-state index contributed by atoms with van der Waals surface area (Å²) in [6.45, 7) is 4.76. The maximum Gasteiger partial charge on any atom is 0.338 e. The van der Waals surface area contributed by atoms with Crippen molar-refractivity contribution < 1.29 is 14.3 Å². The molecule has 116 valence electrons. The molecule has 0 spiro atoms. The molecule has 2 aromatic rings. The summed E-state index contributed by atoms with van der Waals surface area (Å²) >= 11 is 0. The van der Waals surface area contributed by atoms with Crippen LogP contribution in [0.2, 0.25) is 0 Å². The molecule has 0 aliphatic carbocycles. The van der Waals surface area contributed by atoms with Crippen LogP contribution in [0.15, 0.2) is 48.5 Å². The minimum absolute atomic E-state index is 0.301. The predicted octanol–water partition coefficient (Wildman–Crippen LogP) is 4.25. The van der Waals surface area contributed by atoms with E-state index >= 15 is 0 Å². The van der Waals surface area contributed by atoms with Crippen LogP contribution >= 0.6 is 0 Å². The lowest BCUT2D eigenvalue weighted by atomic mass is 9.97. The van der Waals surface area contributed by atoms with E-state index in [0.717, 1.165) is 23.3 Å². The summed E-state index contributed by atoms with van der Waals surface area (Å²) in [6.07, 6.45) is 0.812. The minimum Gasteiger partial charge on any atom is -0.489 e. The van der Waals surface area contributed by atoms with E-state index in [4.69, 9.17) is 9.47 Å². The van der Waals surface area contributed by atoms with E-state index in [1.165, 1.54) is 7.11 Å². The molecule has 0 fully saturated rings. The molecule has 0 heterocycles. The van der Waals surface area contributed by atoms with Crippen LogP contribution in [-0.4, -0.2) is 13.1 Å². The summed E-state index contributed by atoms with van der Waals surface area (Å²) in [7, 11) is 1.40. The van der Waals surface area contributed by atoms with E-state index < -0.39 is 0 Å². The summed E-state index contributed by atoms with van der Waals surface area (Å²) in [5, 5.41) is 0. The van der Waals surface area contributed by atoms with Gasteiger partial charge in [-0.05, 0) is 41.7 Å². The highest BCUT2D eigenvalue weighted by atomic mass is 16.5. The molecule has 0 radical (unpaired) electrons. The van der Waals surface area contributed by atoms with Crippen molar-refractivity contribution in [2.45, 2.75) is 26.9 Å². The number of benzene rings is 2. The van der Waals surface area contributed by atoms with Gasteiger partial charge in [-0.2, -0.15) is 0 Å². The van der Waals surface area contributed by atoms with Crippen molar-refractivity contribution in [2.75, 3.05) is 7.11 Å². The van der Waals surface area contributed by atoms with E-state index in [1.54, 1.807) is 6.07 Å². The second-order valence-electron chi connectivity index (χ2n) is 5.68. The van der Waals surface area contributed by atoms with Gasteiger partial charge >= 0.3 is 5.97 Å².